The summed E-state index contributed by atoms with van der Waals surface area (Å²) in [5, 5.41) is 0.497. The standard InChI is InChI=1S/C12H4Cl3F3IN/c13-8-1-5(2-9(14)10(8)15)7-3-6(12(16,17)18)4-20-11(7)19/h1-4H. The molecule has 0 fully saturated rings. The van der Waals surface area contributed by atoms with Crippen molar-refractivity contribution in [2.24, 2.45) is 0 Å². The molecule has 0 atom stereocenters. The van der Waals surface area contributed by atoms with E-state index in [1.807, 2.05) is 22.6 Å². The molecule has 0 radical (unpaired) electrons. The van der Waals surface area contributed by atoms with Gasteiger partial charge in [-0.15, -0.1) is 0 Å². The number of aromatic nitrogens is 1. The molecule has 0 aliphatic heterocycles. The van der Waals surface area contributed by atoms with Crippen molar-refractivity contribution < 1.29 is 13.2 Å². The van der Waals surface area contributed by atoms with Gasteiger partial charge in [0.25, 0.3) is 0 Å². The molecule has 1 nitrogen and oxygen atoms in total. The maximum atomic E-state index is 12.7. The Morgan fingerprint density at radius 1 is 1.00 bits per heavy atom. The Morgan fingerprint density at radius 3 is 2.05 bits per heavy atom. The van der Waals surface area contributed by atoms with E-state index in [9.17, 15) is 13.2 Å². The molecule has 0 bridgehead atoms. The van der Waals surface area contributed by atoms with Gasteiger partial charge < -0.3 is 0 Å². The largest absolute Gasteiger partial charge is 0.417 e. The molecule has 0 aliphatic rings. The fourth-order valence-corrected chi connectivity index (χ4v) is 2.72. The number of benzene rings is 1. The summed E-state index contributed by atoms with van der Waals surface area (Å²) in [4.78, 5) is 3.75. The predicted octanol–water partition coefficient (Wildman–Crippen LogP) is 6.33. The maximum Gasteiger partial charge on any atom is 0.417 e. The van der Waals surface area contributed by atoms with E-state index in [4.69, 9.17) is 34.8 Å². The molecule has 0 amide bonds. The highest BCUT2D eigenvalue weighted by molar-refractivity contribution is 14.1. The Morgan fingerprint density at radius 2 is 1.55 bits per heavy atom. The number of nitrogens with zero attached hydrogens (tertiary/aromatic N) is 1. The van der Waals surface area contributed by atoms with Crippen molar-refractivity contribution in [3.63, 3.8) is 0 Å². The lowest BCUT2D eigenvalue weighted by molar-refractivity contribution is -0.137. The predicted molar refractivity (Wildman–Crippen MR) is 82.4 cm³/mol. The Balaban J connectivity index is 2.63. The number of hydrogen-bond donors (Lipinski definition) is 0. The second-order valence-corrected chi connectivity index (χ2v) is 6.03. The molecular weight excluding hydrogens is 448 g/mol. The number of hydrogen-bond acceptors (Lipinski definition) is 1. The zero-order chi connectivity index (χ0) is 15.1. The Labute approximate surface area is 141 Å². The van der Waals surface area contributed by atoms with Crippen molar-refractivity contribution in [2.75, 3.05) is 0 Å². The first-order valence-corrected chi connectivity index (χ1v) is 7.29. The summed E-state index contributed by atoms with van der Waals surface area (Å²) in [5.41, 5.74) is -0.122. The third-order valence-corrected chi connectivity index (χ3v) is 4.52. The van der Waals surface area contributed by atoms with Gasteiger partial charge in [-0.05, 0) is 46.4 Å². The molecule has 0 aliphatic carbocycles. The molecule has 1 aromatic carbocycles. The summed E-state index contributed by atoms with van der Waals surface area (Å²) in [6, 6.07) is 3.91. The van der Waals surface area contributed by atoms with E-state index in [0.717, 1.165) is 12.3 Å². The van der Waals surface area contributed by atoms with E-state index >= 15 is 0 Å². The molecule has 1 heterocycles. The van der Waals surface area contributed by atoms with Crippen LogP contribution in [0.4, 0.5) is 13.2 Å². The topological polar surface area (TPSA) is 12.9 Å². The van der Waals surface area contributed by atoms with E-state index in [2.05, 4.69) is 4.98 Å². The molecule has 106 valence electrons. The molecule has 0 saturated carbocycles. The van der Waals surface area contributed by atoms with E-state index in [-0.39, 0.29) is 15.1 Å². The number of rotatable bonds is 1. The van der Waals surface area contributed by atoms with Gasteiger partial charge in [0.05, 0.1) is 20.6 Å². The molecule has 0 N–H and O–H groups in total. The molecule has 2 aromatic rings. The van der Waals surface area contributed by atoms with Crippen molar-refractivity contribution in [1.29, 1.82) is 0 Å². The van der Waals surface area contributed by atoms with Gasteiger partial charge in [-0.2, -0.15) is 13.2 Å². The average molecular weight is 452 g/mol. The highest BCUT2D eigenvalue weighted by Gasteiger charge is 2.31. The zero-order valence-corrected chi connectivity index (χ0v) is 13.8. The molecule has 20 heavy (non-hydrogen) atoms. The summed E-state index contributed by atoms with van der Waals surface area (Å²) < 4.78 is 38.6. The first kappa shape index (κ1) is 16.1. The van der Waals surface area contributed by atoms with Gasteiger partial charge in [0, 0.05) is 11.8 Å². The quantitative estimate of drug-likeness (QED) is 0.280. The van der Waals surface area contributed by atoms with Crippen LogP contribution in [-0.2, 0) is 6.18 Å². The molecule has 0 unspecified atom stereocenters. The van der Waals surface area contributed by atoms with E-state index in [1.54, 1.807) is 0 Å². The van der Waals surface area contributed by atoms with Crippen molar-refractivity contribution in [1.82, 2.24) is 4.98 Å². The van der Waals surface area contributed by atoms with Crippen LogP contribution in [0.25, 0.3) is 11.1 Å². The minimum absolute atomic E-state index is 0.159. The minimum atomic E-state index is -4.47. The fraction of sp³-hybridized carbons (Fsp3) is 0.0833. The van der Waals surface area contributed by atoms with Crippen LogP contribution < -0.4 is 0 Å². The Bertz CT molecular complexity index is 650. The lowest BCUT2D eigenvalue weighted by atomic mass is 10.1. The Kier molecular flexibility index (Phi) is 4.73. The van der Waals surface area contributed by atoms with Crippen LogP contribution in [0.3, 0.4) is 0 Å². The van der Waals surface area contributed by atoms with Crippen LogP contribution in [-0.4, -0.2) is 4.98 Å². The monoisotopic (exact) mass is 451 g/mol. The number of alkyl halides is 3. The van der Waals surface area contributed by atoms with Crippen LogP contribution in [0.5, 0.6) is 0 Å². The molecule has 1 aromatic heterocycles. The van der Waals surface area contributed by atoms with Crippen LogP contribution in [0.2, 0.25) is 15.1 Å². The molecule has 0 saturated heterocycles. The molecule has 2 rings (SSSR count). The summed E-state index contributed by atoms with van der Waals surface area (Å²) >= 11 is 19.4. The molecule has 0 spiro atoms. The third kappa shape index (κ3) is 3.32. The average Bonchev–Trinajstić information content (AvgIpc) is 2.34. The summed E-state index contributed by atoms with van der Waals surface area (Å²) in [6.45, 7) is 0. The van der Waals surface area contributed by atoms with Gasteiger partial charge in [-0.3, -0.25) is 0 Å². The van der Waals surface area contributed by atoms with Crippen molar-refractivity contribution in [2.45, 2.75) is 6.18 Å². The zero-order valence-electron chi connectivity index (χ0n) is 9.40. The maximum absolute atomic E-state index is 12.7. The number of halogens is 7. The van der Waals surface area contributed by atoms with Crippen molar-refractivity contribution in [3.8, 4) is 11.1 Å². The van der Waals surface area contributed by atoms with E-state index < -0.39 is 11.7 Å². The normalized spacial score (nSPS) is 11.8. The van der Waals surface area contributed by atoms with Crippen molar-refractivity contribution >= 4 is 57.4 Å². The Hall–Kier alpha value is -0.240. The van der Waals surface area contributed by atoms with E-state index in [0.29, 0.717) is 14.8 Å². The van der Waals surface area contributed by atoms with Gasteiger partial charge in [0.15, 0.2) is 0 Å². The first-order chi connectivity index (χ1) is 9.20. The highest BCUT2D eigenvalue weighted by atomic mass is 127. The number of pyridine rings is 1. The summed E-state index contributed by atoms with van der Waals surface area (Å²) in [6.07, 6.45) is -3.68. The lowest BCUT2D eigenvalue weighted by Crippen LogP contribution is -2.06. The van der Waals surface area contributed by atoms with Crippen molar-refractivity contribution in [3.05, 3.63) is 48.7 Å². The van der Waals surface area contributed by atoms with Crippen LogP contribution in [0, 0.1) is 3.70 Å². The van der Waals surface area contributed by atoms with Gasteiger partial charge in [-0.25, -0.2) is 4.98 Å². The smallest absolute Gasteiger partial charge is 0.249 e. The lowest BCUT2D eigenvalue weighted by Gasteiger charge is -2.11. The van der Waals surface area contributed by atoms with Gasteiger partial charge in [-0.1, -0.05) is 34.8 Å². The van der Waals surface area contributed by atoms with Gasteiger partial charge >= 0.3 is 6.18 Å². The molecule has 8 heteroatoms. The summed E-state index contributed by atoms with van der Waals surface area (Å²) in [5.74, 6) is 0. The second kappa shape index (κ2) is 5.87. The van der Waals surface area contributed by atoms with Gasteiger partial charge in [0.1, 0.15) is 3.70 Å². The second-order valence-electron chi connectivity index (χ2n) is 3.81. The van der Waals surface area contributed by atoms with Gasteiger partial charge in [0.2, 0.25) is 0 Å². The van der Waals surface area contributed by atoms with Crippen LogP contribution >= 0.6 is 57.4 Å². The summed E-state index contributed by atoms with van der Waals surface area (Å²) in [7, 11) is 0. The van der Waals surface area contributed by atoms with E-state index in [1.165, 1.54) is 12.1 Å². The highest BCUT2D eigenvalue weighted by Crippen LogP contribution is 2.38. The SMILES string of the molecule is FC(F)(F)c1cnc(I)c(-c2cc(Cl)c(Cl)c(Cl)c2)c1. The van der Waals surface area contributed by atoms with Crippen LogP contribution in [0.15, 0.2) is 24.4 Å². The third-order valence-electron chi connectivity index (χ3n) is 2.46. The minimum Gasteiger partial charge on any atom is -0.249 e. The first-order valence-electron chi connectivity index (χ1n) is 5.08. The molecular formula is C12H4Cl3F3IN. The van der Waals surface area contributed by atoms with Crippen LogP contribution in [0.1, 0.15) is 5.56 Å². The fourth-order valence-electron chi connectivity index (χ4n) is 1.52.